The number of unbranched alkanes of at least 4 members (excludes halogenated alkanes) is 4. The largest absolute Gasteiger partial charge is 0.478 e. The number of carbonyl (C=O) groups excluding carboxylic acids is 2. The second kappa shape index (κ2) is 14.1. The van der Waals surface area contributed by atoms with E-state index in [0.29, 0.717) is 13.1 Å². The number of benzene rings is 2. The number of carboxylic acids is 2. The standard InChI is InChI=1S/C24H28Br2N2O6/c25-11-3-1-5-13-27-21(29)15-7-8-16(22(30)28-14-6-2-4-12-26)20-18(24(33)34)10-9-17(19(15)20)23(31)32/h7-10H,1-6,11-14H2,(H,27,29)(H,28,30)(H,31,32)(H,33,34). The highest BCUT2D eigenvalue weighted by atomic mass is 79.9. The second-order valence-corrected chi connectivity index (χ2v) is 9.28. The highest BCUT2D eigenvalue weighted by Gasteiger charge is 2.25. The van der Waals surface area contributed by atoms with E-state index in [1.54, 1.807) is 0 Å². The maximum absolute atomic E-state index is 12.9. The molecule has 4 N–H and O–H groups in total. The number of alkyl halides is 2. The molecule has 0 bridgehead atoms. The predicted octanol–water partition coefficient (Wildman–Crippen LogP) is 4.83. The van der Waals surface area contributed by atoms with E-state index in [4.69, 9.17) is 0 Å². The fourth-order valence-electron chi connectivity index (χ4n) is 3.62. The Bertz CT molecular complexity index is 975. The average molecular weight is 600 g/mol. The summed E-state index contributed by atoms with van der Waals surface area (Å²) in [5.41, 5.74) is -0.442. The van der Waals surface area contributed by atoms with Gasteiger partial charge >= 0.3 is 11.9 Å². The van der Waals surface area contributed by atoms with Gasteiger partial charge in [0.15, 0.2) is 0 Å². The zero-order valence-corrected chi connectivity index (χ0v) is 21.8. The summed E-state index contributed by atoms with van der Waals surface area (Å²) in [5.74, 6) is -3.67. The molecule has 0 radical (unpaired) electrons. The van der Waals surface area contributed by atoms with Crippen LogP contribution in [0.3, 0.4) is 0 Å². The van der Waals surface area contributed by atoms with E-state index < -0.39 is 23.8 Å². The van der Waals surface area contributed by atoms with E-state index in [-0.39, 0.29) is 33.0 Å². The van der Waals surface area contributed by atoms with E-state index in [1.807, 2.05) is 0 Å². The van der Waals surface area contributed by atoms with Crippen LogP contribution in [0, 0.1) is 0 Å². The van der Waals surface area contributed by atoms with E-state index in [1.165, 1.54) is 12.1 Å². The van der Waals surface area contributed by atoms with Crippen LogP contribution < -0.4 is 10.6 Å². The van der Waals surface area contributed by atoms with Gasteiger partial charge in [0.05, 0.1) is 11.1 Å². The van der Waals surface area contributed by atoms with Crippen LogP contribution in [0.4, 0.5) is 0 Å². The van der Waals surface area contributed by atoms with Crippen molar-refractivity contribution in [2.24, 2.45) is 0 Å². The Morgan fingerprint density at radius 1 is 0.588 bits per heavy atom. The lowest BCUT2D eigenvalue weighted by Crippen LogP contribution is -2.27. The van der Waals surface area contributed by atoms with Crippen LogP contribution in [0.2, 0.25) is 0 Å². The minimum Gasteiger partial charge on any atom is -0.478 e. The summed E-state index contributed by atoms with van der Waals surface area (Å²) >= 11 is 6.71. The third-order valence-electron chi connectivity index (χ3n) is 5.30. The van der Waals surface area contributed by atoms with E-state index in [0.717, 1.165) is 61.3 Å². The van der Waals surface area contributed by atoms with Crippen LogP contribution in [0.15, 0.2) is 24.3 Å². The van der Waals surface area contributed by atoms with Gasteiger partial charge in [0, 0.05) is 45.6 Å². The molecule has 0 saturated carbocycles. The summed E-state index contributed by atoms with van der Waals surface area (Å²) in [4.78, 5) is 49.8. The van der Waals surface area contributed by atoms with Crippen LogP contribution in [0.25, 0.3) is 10.8 Å². The number of aromatic carboxylic acids is 2. The molecule has 34 heavy (non-hydrogen) atoms. The third kappa shape index (κ3) is 7.27. The van der Waals surface area contributed by atoms with Crippen molar-refractivity contribution in [3.63, 3.8) is 0 Å². The highest BCUT2D eigenvalue weighted by molar-refractivity contribution is 9.09. The van der Waals surface area contributed by atoms with Gasteiger partial charge < -0.3 is 20.8 Å². The number of nitrogens with one attached hydrogen (secondary N) is 2. The molecule has 0 aromatic heterocycles. The Kier molecular flexibility index (Phi) is 11.5. The van der Waals surface area contributed by atoms with Gasteiger partial charge in [0.25, 0.3) is 11.8 Å². The molecule has 0 aliphatic heterocycles. The molecule has 2 aromatic rings. The summed E-state index contributed by atoms with van der Waals surface area (Å²) < 4.78 is 0. The molecule has 2 amide bonds. The van der Waals surface area contributed by atoms with Crippen molar-refractivity contribution in [2.75, 3.05) is 23.7 Å². The number of hydrogen-bond acceptors (Lipinski definition) is 4. The molecule has 0 saturated heterocycles. The topological polar surface area (TPSA) is 133 Å². The van der Waals surface area contributed by atoms with Crippen molar-refractivity contribution in [3.05, 3.63) is 46.5 Å². The molecule has 2 rings (SSSR count). The first-order valence-electron chi connectivity index (χ1n) is 11.1. The Morgan fingerprint density at radius 2 is 0.941 bits per heavy atom. The number of amides is 2. The lowest BCUT2D eigenvalue weighted by atomic mass is 9.91. The Morgan fingerprint density at radius 3 is 1.26 bits per heavy atom. The normalized spacial score (nSPS) is 10.8. The van der Waals surface area contributed by atoms with Gasteiger partial charge in [0.2, 0.25) is 0 Å². The molecule has 184 valence electrons. The Hall–Kier alpha value is -2.46. The van der Waals surface area contributed by atoms with Crippen molar-refractivity contribution >= 4 is 66.4 Å². The highest BCUT2D eigenvalue weighted by Crippen LogP contribution is 2.30. The van der Waals surface area contributed by atoms with Gasteiger partial charge in [0.1, 0.15) is 0 Å². The molecule has 2 aromatic carbocycles. The molecule has 10 heteroatoms. The fourth-order valence-corrected chi connectivity index (χ4v) is 4.41. The predicted molar refractivity (Wildman–Crippen MR) is 138 cm³/mol. The van der Waals surface area contributed by atoms with Crippen LogP contribution in [0.5, 0.6) is 0 Å². The maximum atomic E-state index is 12.9. The molecule has 0 heterocycles. The van der Waals surface area contributed by atoms with Gasteiger partial charge in [-0.05, 0) is 49.9 Å². The number of fused-ring (bicyclic) bond motifs is 1. The summed E-state index contributed by atoms with van der Waals surface area (Å²) in [6.07, 6.45) is 5.23. The van der Waals surface area contributed by atoms with Crippen LogP contribution in [-0.2, 0) is 0 Å². The van der Waals surface area contributed by atoms with Crippen molar-refractivity contribution in [1.82, 2.24) is 10.6 Å². The summed E-state index contributed by atoms with van der Waals surface area (Å²) in [6.45, 7) is 0.788. The van der Waals surface area contributed by atoms with Crippen molar-refractivity contribution in [2.45, 2.75) is 38.5 Å². The van der Waals surface area contributed by atoms with E-state index >= 15 is 0 Å². The first-order valence-corrected chi connectivity index (χ1v) is 13.3. The molecule has 0 fully saturated rings. The van der Waals surface area contributed by atoms with Crippen LogP contribution >= 0.6 is 31.9 Å². The molecule has 0 aliphatic rings. The lowest BCUT2D eigenvalue weighted by Gasteiger charge is -2.16. The minimum absolute atomic E-state index is 0.0184. The number of halogens is 2. The fraction of sp³-hybridized carbons (Fsp3) is 0.417. The number of carboxylic acid groups (broad SMARTS) is 2. The smallest absolute Gasteiger partial charge is 0.336 e. The van der Waals surface area contributed by atoms with Crippen LogP contribution in [0.1, 0.15) is 80.0 Å². The Labute approximate surface area is 214 Å². The SMILES string of the molecule is O=C(O)c1ccc(C(=O)O)c2c(C(=O)NCCCCCBr)ccc(C(=O)NCCCCCBr)c12. The van der Waals surface area contributed by atoms with Crippen molar-refractivity contribution in [3.8, 4) is 0 Å². The average Bonchev–Trinajstić information content (AvgIpc) is 2.81. The zero-order chi connectivity index (χ0) is 25.1. The van der Waals surface area contributed by atoms with Gasteiger partial charge in [-0.3, -0.25) is 9.59 Å². The first kappa shape index (κ1) is 27.8. The molecule has 0 spiro atoms. The monoisotopic (exact) mass is 598 g/mol. The molecule has 0 unspecified atom stereocenters. The molecular formula is C24H28Br2N2O6. The second-order valence-electron chi connectivity index (χ2n) is 7.69. The van der Waals surface area contributed by atoms with Gasteiger partial charge in [-0.25, -0.2) is 9.59 Å². The first-order chi connectivity index (χ1) is 16.3. The maximum Gasteiger partial charge on any atom is 0.336 e. The summed E-state index contributed by atoms with van der Waals surface area (Å²) in [6, 6.07) is 5.08. The quantitative estimate of drug-likeness (QED) is 0.182. The van der Waals surface area contributed by atoms with E-state index in [9.17, 15) is 29.4 Å². The molecular weight excluding hydrogens is 572 g/mol. The third-order valence-corrected chi connectivity index (χ3v) is 6.42. The number of hydrogen-bond donors (Lipinski definition) is 4. The zero-order valence-electron chi connectivity index (χ0n) is 18.7. The van der Waals surface area contributed by atoms with Crippen molar-refractivity contribution < 1.29 is 29.4 Å². The number of rotatable bonds is 14. The minimum atomic E-state index is -1.32. The molecule has 0 atom stereocenters. The summed E-state index contributed by atoms with van der Waals surface area (Å²) in [7, 11) is 0. The van der Waals surface area contributed by atoms with Gasteiger partial charge in [-0.1, -0.05) is 44.7 Å². The van der Waals surface area contributed by atoms with Gasteiger partial charge in [-0.15, -0.1) is 0 Å². The number of carbonyl (C=O) groups is 4. The van der Waals surface area contributed by atoms with Crippen LogP contribution in [-0.4, -0.2) is 57.7 Å². The van der Waals surface area contributed by atoms with E-state index in [2.05, 4.69) is 42.5 Å². The lowest BCUT2D eigenvalue weighted by molar-refractivity contribution is 0.0684. The Balaban J connectivity index is 2.51. The van der Waals surface area contributed by atoms with Crippen molar-refractivity contribution in [1.29, 1.82) is 0 Å². The molecule has 8 nitrogen and oxygen atoms in total. The van der Waals surface area contributed by atoms with Gasteiger partial charge in [-0.2, -0.15) is 0 Å². The molecule has 0 aliphatic carbocycles. The summed E-state index contributed by atoms with van der Waals surface area (Å²) in [5, 5.41) is 26.7.